The minimum absolute atomic E-state index is 0.0782. The average Bonchev–Trinajstić information content (AvgIpc) is 2.33. The van der Waals surface area contributed by atoms with E-state index in [4.69, 9.17) is 18.0 Å². The van der Waals surface area contributed by atoms with Crippen molar-refractivity contribution in [2.75, 3.05) is 18.6 Å². The van der Waals surface area contributed by atoms with E-state index in [9.17, 15) is 9.00 Å². The fourth-order valence-corrected chi connectivity index (χ4v) is 3.06. The summed E-state index contributed by atoms with van der Waals surface area (Å²) >= 11 is 5.13. The highest BCUT2D eigenvalue weighted by Crippen LogP contribution is 2.30. The van der Waals surface area contributed by atoms with Crippen LogP contribution < -0.4 is 11.1 Å². The number of hydrogen-bond donors (Lipinski definition) is 2. The summed E-state index contributed by atoms with van der Waals surface area (Å²) in [6.45, 7) is 4.57. The summed E-state index contributed by atoms with van der Waals surface area (Å²) in [7, 11) is -0.819. The van der Waals surface area contributed by atoms with Gasteiger partial charge in [0.05, 0.1) is 10.4 Å². The highest BCUT2D eigenvalue weighted by molar-refractivity contribution is 7.84. The molecule has 6 heteroatoms. The molecule has 112 valence electrons. The number of thiocarbonyl (C=S) groups is 1. The van der Waals surface area contributed by atoms with Crippen LogP contribution in [0.2, 0.25) is 0 Å². The molecule has 0 saturated carbocycles. The Hall–Kier alpha value is -0.490. The summed E-state index contributed by atoms with van der Waals surface area (Å²) in [5.74, 6) is 0.521. The molecule has 0 aromatic rings. The molecule has 0 saturated heterocycles. The van der Waals surface area contributed by atoms with Gasteiger partial charge < -0.3 is 11.1 Å². The van der Waals surface area contributed by atoms with Crippen molar-refractivity contribution in [3.63, 3.8) is 0 Å². The molecule has 0 aromatic carbocycles. The predicted octanol–water partition coefficient (Wildman–Crippen LogP) is 1.74. The van der Waals surface area contributed by atoms with Gasteiger partial charge in [0.1, 0.15) is 0 Å². The molecule has 0 spiro atoms. The molecule has 0 aliphatic carbocycles. The zero-order valence-electron chi connectivity index (χ0n) is 12.2. The molecule has 3 N–H and O–H groups in total. The third kappa shape index (κ3) is 5.99. The number of carbonyl (C=O) groups excluding carboxylic acids is 1. The van der Waals surface area contributed by atoms with Crippen LogP contribution in [-0.2, 0) is 15.6 Å². The standard InChI is InChI=1S/C13H26N2O2S2/c1-4-7-13(8-5-2,11(14)18)12(16)15-9-6-10-19(3)17/h4-10H2,1-3H3,(H2,14,18)(H,15,16). The van der Waals surface area contributed by atoms with Crippen LogP contribution in [0.4, 0.5) is 0 Å². The number of hydrogen-bond acceptors (Lipinski definition) is 3. The molecule has 0 bridgehead atoms. The lowest BCUT2D eigenvalue weighted by atomic mass is 9.78. The molecule has 1 atom stereocenters. The first-order valence-corrected chi connectivity index (χ1v) is 8.92. The number of nitrogens with two attached hydrogens (primary N) is 1. The van der Waals surface area contributed by atoms with Crippen molar-refractivity contribution >= 4 is 33.9 Å². The Kier molecular flexibility index (Phi) is 9.18. The van der Waals surface area contributed by atoms with Crippen LogP contribution in [0, 0.1) is 5.41 Å². The van der Waals surface area contributed by atoms with Gasteiger partial charge in [0.2, 0.25) is 5.91 Å². The van der Waals surface area contributed by atoms with E-state index in [0.29, 0.717) is 31.6 Å². The molecule has 0 rings (SSSR count). The molecule has 19 heavy (non-hydrogen) atoms. The molecule has 0 aliphatic rings. The van der Waals surface area contributed by atoms with E-state index in [-0.39, 0.29) is 10.9 Å². The van der Waals surface area contributed by atoms with Crippen LogP contribution in [0.3, 0.4) is 0 Å². The molecule has 0 aromatic heterocycles. The third-order valence-electron chi connectivity index (χ3n) is 3.15. The molecular formula is C13H26N2O2S2. The van der Waals surface area contributed by atoms with Gasteiger partial charge in [-0.05, 0) is 19.3 Å². The second kappa shape index (κ2) is 9.42. The van der Waals surface area contributed by atoms with Crippen LogP contribution in [0.15, 0.2) is 0 Å². The lowest BCUT2D eigenvalue weighted by Gasteiger charge is -2.31. The van der Waals surface area contributed by atoms with Gasteiger partial charge >= 0.3 is 0 Å². The van der Waals surface area contributed by atoms with E-state index in [0.717, 1.165) is 12.8 Å². The summed E-state index contributed by atoms with van der Waals surface area (Å²) in [6.07, 6.45) is 5.46. The first kappa shape index (κ1) is 18.5. The van der Waals surface area contributed by atoms with Crippen molar-refractivity contribution in [1.82, 2.24) is 5.32 Å². The first-order chi connectivity index (χ1) is 8.90. The van der Waals surface area contributed by atoms with Crippen molar-refractivity contribution < 1.29 is 9.00 Å². The monoisotopic (exact) mass is 306 g/mol. The van der Waals surface area contributed by atoms with E-state index in [1.54, 1.807) is 6.26 Å². The highest BCUT2D eigenvalue weighted by atomic mass is 32.2. The largest absolute Gasteiger partial charge is 0.392 e. The maximum atomic E-state index is 12.4. The number of nitrogens with one attached hydrogen (secondary N) is 1. The predicted molar refractivity (Wildman–Crippen MR) is 85.6 cm³/mol. The van der Waals surface area contributed by atoms with Gasteiger partial charge in [0, 0.05) is 29.4 Å². The Morgan fingerprint density at radius 2 is 1.84 bits per heavy atom. The number of amides is 1. The van der Waals surface area contributed by atoms with Crippen molar-refractivity contribution in [3.8, 4) is 0 Å². The fourth-order valence-electron chi connectivity index (χ4n) is 2.21. The van der Waals surface area contributed by atoms with Crippen LogP contribution in [0.1, 0.15) is 46.0 Å². The van der Waals surface area contributed by atoms with Gasteiger partial charge in [-0.25, -0.2) is 0 Å². The molecular weight excluding hydrogens is 280 g/mol. The lowest BCUT2D eigenvalue weighted by Crippen LogP contribution is -2.49. The first-order valence-electron chi connectivity index (χ1n) is 6.79. The molecule has 1 unspecified atom stereocenters. The van der Waals surface area contributed by atoms with E-state index in [1.165, 1.54) is 0 Å². The van der Waals surface area contributed by atoms with Gasteiger partial charge in [-0.15, -0.1) is 0 Å². The Labute approximate surface area is 124 Å². The van der Waals surface area contributed by atoms with Gasteiger partial charge in [-0.3, -0.25) is 9.00 Å². The van der Waals surface area contributed by atoms with Crippen LogP contribution in [-0.4, -0.2) is 33.7 Å². The summed E-state index contributed by atoms with van der Waals surface area (Å²) in [5.41, 5.74) is 5.10. The minimum Gasteiger partial charge on any atom is -0.392 e. The Balaban J connectivity index is 4.61. The van der Waals surface area contributed by atoms with Crippen molar-refractivity contribution in [3.05, 3.63) is 0 Å². The second-order valence-electron chi connectivity index (χ2n) is 4.83. The van der Waals surface area contributed by atoms with Gasteiger partial charge in [0.25, 0.3) is 0 Å². The summed E-state index contributed by atoms with van der Waals surface area (Å²) < 4.78 is 11.0. The van der Waals surface area contributed by atoms with Gasteiger partial charge in [-0.1, -0.05) is 38.9 Å². The van der Waals surface area contributed by atoms with E-state index < -0.39 is 16.2 Å². The second-order valence-corrected chi connectivity index (χ2v) is 6.83. The number of carbonyl (C=O) groups is 1. The van der Waals surface area contributed by atoms with Crippen LogP contribution >= 0.6 is 12.2 Å². The third-order valence-corrected chi connectivity index (χ3v) is 4.41. The maximum Gasteiger partial charge on any atom is 0.233 e. The molecule has 4 nitrogen and oxygen atoms in total. The summed E-state index contributed by atoms with van der Waals surface area (Å²) in [6, 6.07) is 0. The topological polar surface area (TPSA) is 72.2 Å². The smallest absolute Gasteiger partial charge is 0.233 e. The van der Waals surface area contributed by atoms with E-state index in [2.05, 4.69) is 5.32 Å². The lowest BCUT2D eigenvalue weighted by molar-refractivity contribution is -0.128. The quantitative estimate of drug-likeness (QED) is 0.476. The minimum atomic E-state index is -0.819. The summed E-state index contributed by atoms with van der Waals surface area (Å²) in [5, 5.41) is 2.89. The molecule has 1 amide bonds. The normalized spacial score (nSPS) is 13.0. The highest BCUT2D eigenvalue weighted by Gasteiger charge is 2.39. The van der Waals surface area contributed by atoms with Gasteiger partial charge in [-0.2, -0.15) is 0 Å². The van der Waals surface area contributed by atoms with Crippen molar-refractivity contribution in [1.29, 1.82) is 0 Å². The number of rotatable bonds is 10. The van der Waals surface area contributed by atoms with Crippen LogP contribution in [0.25, 0.3) is 0 Å². The molecule has 0 heterocycles. The molecule has 0 fully saturated rings. The average molecular weight is 306 g/mol. The zero-order chi connectivity index (χ0) is 14.9. The van der Waals surface area contributed by atoms with Gasteiger partial charge in [0.15, 0.2) is 0 Å². The molecule has 0 radical (unpaired) electrons. The Bertz CT molecular complexity index is 327. The Morgan fingerprint density at radius 3 is 2.21 bits per heavy atom. The van der Waals surface area contributed by atoms with Crippen molar-refractivity contribution in [2.45, 2.75) is 46.0 Å². The SMILES string of the molecule is CCCC(CCC)(C(=O)NCCCS(C)=O)C(N)=S. The van der Waals surface area contributed by atoms with Crippen molar-refractivity contribution in [2.24, 2.45) is 11.1 Å². The zero-order valence-corrected chi connectivity index (χ0v) is 13.8. The van der Waals surface area contributed by atoms with Crippen LogP contribution in [0.5, 0.6) is 0 Å². The molecule has 0 aliphatic heterocycles. The summed E-state index contributed by atoms with van der Waals surface area (Å²) in [4.78, 5) is 12.7. The Morgan fingerprint density at radius 1 is 1.32 bits per heavy atom. The fraction of sp³-hybridized carbons (Fsp3) is 0.846. The van der Waals surface area contributed by atoms with E-state index >= 15 is 0 Å². The maximum absolute atomic E-state index is 12.4. The van der Waals surface area contributed by atoms with E-state index in [1.807, 2.05) is 13.8 Å².